The minimum Gasteiger partial charge on any atom is -0.375 e. The molecule has 2 unspecified atom stereocenters. The SMILES string of the molecule is CNC(c1ccc(Br)cc1C)C1CCOC2(CCCC2)C1. The van der Waals surface area contributed by atoms with E-state index in [1.54, 1.807) is 0 Å². The van der Waals surface area contributed by atoms with Crippen LogP contribution in [0.1, 0.15) is 55.7 Å². The van der Waals surface area contributed by atoms with E-state index in [1.165, 1.54) is 49.7 Å². The second kappa shape index (κ2) is 6.39. The average molecular weight is 352 g/mol. The molecule has 1 saturated carbocycles. The summed E-state index contributed by atoms with van der Waals surface area (Å²) in [6.07, 6.45) is 7.60. The number of halogens is 1. The van der Waals surface area contributed by atoms with Gasteiger partial charge in [0.05, 0.1) is 5.60 Å². The Kier molecular flexibility index (Phi) is 4.72. The van der Waals surface area contributed by atoms with Crippen LogP contribution in [0.3, 0.4) is 0 Å². The predicted octanol–water partition coefficient (Wildman–Crippen LogP) is 4.76. The Morgan fingerprint density at radius 1 is 1.33 bits per heavy atom. The Morgan fingerprint density at radius 3 is 2.76 bits per heavy atom. The summed E-state index contributed by atoms with van der Waals surface area (Å²) in [5.41, 5.74) is 3.01. The quantitative estimate of drug-likeness (QED) is 0.847. The monoisotopic (exact) mass is 351 g/mol. The fourth-order valence-corrected chi connectivity index (χ4v) is 4.83. The van der Waals surface area contributed by atoms with Crippen molar-refractivity contribution in [3.8, 4) is 0 Å². The summed E-state index contributed by atoms with van der Waals surface area (Å²) in [5, 5.41) is 3.58. The molecule has 2 fully saturated rings. The van der Waals surface area contributed by atoms with Gasteiger partial charge in [-0.1, -0.05) is 34.8 Å². The molecule has 2 aliphatic rings. The molecule has 2 nitrogen and oxygen atoms in total. The number of rotatable bonds is 3. The highest BCUT2D eigenvalue weighted by Crippen LogP contribution is 2.45. The van der Waals surface area contributed by atoms with Crippen molar-refractivity contribution < 1.29 is 4.74 Å². The average Bonchev–Trinajstić information content (AvgIpc) is 2.90. The van der Waals surface area contributed by atoms with Gasteiger partial charge in [-0.05, 0) is 68.8 Å². The molecule has 21 heavy (non-hydrogen) atoms. The van der Waals surface area contributed by atoms with E-state index < -0.39 is 0 Å². The van der Waals surface area contributed by atoms with E-state index in [1.807, 2.05) is 0 Å². The smallest absolute Gasteiger partial charge is 0.0686 e. The van der Waals surface area contributed by atoms with Crippen molar-refractivity contribution in [2.45, 2.75) is 57.1 Å². The van der Waals surface area contributed by atoms with Crippen LogP contribution in [0, 0.1) is 12.8 Å². The molecule has 116 valence electrons. The lowest BCUT2D eigenvalue weighted by Gasteiger charge is -2.41. The second-order valence-electron chi connectivity index (χ2n) is 6.76. The van der Waals surface area contributed by atoms with E-state index in [0.717, 1.165) is 11.1 Å². The van der Waals surface area contributed by atoms with Crippen LogP contribution in [-0.2, 0) is 4.74 Å². The normalized spacial score (nSPS) is 26.1. The zero-order chi connectivity index (χ0) is 14.9. The van der Waals surface area contributed by atoms with E-state index in [2.05, 4.69) is 53.4 Å². The summed E-state index contributed by atoms with van der Waals surface area (Å²) >= 11 is 3.57. The second-order valence-corrected chi connectivity index (χ2v) is 7.67. The van der Waals surface area contributed by atoms with Gasteiger partial charge in [-0.25, -0.2) is 0 Å². The van der Waals surface area contributed by atoms with Crippen molar-refractivity contribution in [1.29, 1.82) is 0 Å². The first-order valence-corrected chi connectivity index (χ1v) is 9.00. The standard InChI is InChI=1S/C18H26BrNO/c1-13-11-15(19)5-6-16(13)17(20-2)14-7-10-21-18(12-14)8-3-4-9-18/h5-6,11,14,17,20H,3-4,7-10,12H2,1-2H3. The fourth-order valence-electron chi connectivity index (χ4n) is 4.35. The van der Waals surface area contributed by atoms with Gasteiger partial charge >= 0.3 is 0 Å². The molecule has 1 spiro atoms. The van der Waals surface area contributed by atoms with Crippen LogP contribution in [-0.4, -0.2) is 19.3 Å². The Labute approximate surface area is 136 Å². The van der Waals surface area contributed by atoms with E-state index in [9.17, 15) is 0 Å². The third kappa shape index (κ3) is 3.20. The lowest BCUT2D eigenvalue weighted by molar-refractivity contribution is -0.0979. The van der Waals surface area contributed by atoms with Gasteiger partial charge in [0.25, 0.3) is 0 Å². The summed E-state index contributed by atoms with van der Waals surface area (Å²) in [6, 6.07) is 7.11. The van der Waals surface area contributed by atoms with Crippen LogP contribution in [0.4, 0.5) is 0 Å². The largest absolute Gasteiger partial charge is 0.375 e. The van der Waals surface area contributed by atoms with Crippen LogP contribution >= 0.6 is 15.9 Å². The first kappa shape index (κ1) is 15.5. The lowest BCUT2D eigenvalue weighted by atomic mass is 9.78. The van der Waals surface area contributed by atoms with Gasteiger partial charge < -0.3 is 10.1 Å². The van der Waals surface area contributed by atoms with Crippen LogP contribution in [0.5, 0.6) is 0 Å². The Bertz CT molecular complexity index is 496. The molecule has 1 aromatic carbocycles. The molecule has 1 aromatic rings. The fraction of sp³-hybridized carbons (Fsp3) is 0.667. The maximum atomic E-state index is 6.20. The Morgan fingerprint density at radius 2 is 2.10 bits per heavy atom. The number of benzene rings is 1. The number of hydrogen-bond donors (Lipinski definition) is 1. The molecule has 3 heteroatoms. The summed E-state index contributed by atoms with van der Waals surface area (Å²) < 4.78 is 7.37. The van der Waals surface area contributed by atoms with E-state index >= 15 is 0 Å². The molecule has 0 amide bonds. The van der Waals surface area contributed by atoms with Crippen LogP contribution in [0.25, 0.3) is 0 Å². The van der Waals surface area contributed by atoms with Crippen molar-refractivity contribution in [3.05, 3.63) is 33.8 Å². The summed E-state index contributed by atoms with van der Waals surface area (Å²) in [4.78, 5) is 0. The van der Waals surface area contributed by atoms with Gasteiger partial charge in [0, 0.05) is 17.1 Å². The molecule has 1 aliphatic carbocycles. The van der Waals surface area contributed by atoms with Crippen LogP contribution < -0.4 is 5.32 Å². The minimum atomic E-state index is 0.196. The summed E-state index contributed by atoms with van der Waals surface area (Å²) in [5.74, 6) is 0.682. The molecule has 1 saturated heterocycles. The molecule has 0 bridgehead atoms. The van der Waals surface area contributed by atoms with E-state index in [4.69, 9.17) is 4.74 Å². The predicted molar refractivity (Wildman–Crippen MR) is 90.6 cm³/mol. The van der Waals surface area contributed by atoms with Gasteiger partial charge in [-0.2, -0.15) is 0 Å². The molecule has 1 N–H and O–H groups in total. The van der Waals surface area contributed by atoms with Crippen molar-refractivity contribution in [1.82, 2.24) is 5.32 Å². The molecular weight excluding hydrogens is 326 g/mol. The van der Waals surface area contributed by atoms with Gasteiger partial charge in [-0.15, -0.1) is 0 Å². The first-order valence-electron chi connectivity index (χ1n) is 8.21. The molecule has 2 atom stereocenters. The molecule has 0 aromatic heterocycles. The zero-order valence-electron chi connectivity index (χ0n) is 13.1. The van der Waals surface area contributed by atoms with Gasteiger partial charge in [-0.3, -0.25) is 0 Å². The lowest BCUT2D eigenvalue weighted by Crippen LogP contribution is -2.41. The highest BCUT2D eigenvalue weighted by molar-refractivity contribution is 9.10. The minimum absolute atomic E-state index is 0.196. The van der Waals surface area contributed by atoms with Crippen LogP contribution in [0.2, 0.25) is 0 Å². The molecule has 0 radical (unpaired) electrons. The Balaban J connectivity index is 1.82. The number of ether oxygens (including phenoxy) is 1. The molecule has 1 heterocycles. The molecule has 3 rings (SSSR count). The van der Waals surface area contributed by atoms with Crippen molar-refractivity contribution >= 4 is 15.9 Å². The third-order valence-electron chi connectivity index (χ3n) is 5.40. The van der Waals surface area contributed by atoms with Gasteiger partial charge in [0.2, 0.25) is 0 Å². The van der Waals surface area contributed by atoms with E-state index in [-0.39, 0.29) is 5.60 Å². The van der Waals surface area contributed by atoms with Gasteiger partial charge in [0.1, 0.15) is 0 Å². The topological polar surface area (TPSA) is 21.3 Å². The van der Waals surface area contributed by atoms with Crippen molar-refractivity contribution in [2.75, 3.05) is 13.7 Å². The van der Waals surface area contributed by atoms with Gasteiger partial charge in [0.15, 0.2) is 0 Å². The zero-order valence-corrected chi connectivity index (χ0v) is 14.7. The number of aryl methyl sites for hydroxylation is 1. The highest BCUT2D eigenvalue weighted by atomic mass is 79.9. The third-order valence-corrected chi connectivity index (χ3v) is 5.89. The Hall–Kier alpha value is -0.380. The maximum Gasteiger partial charge on any atom is 0.0686 e. The number of hydrogen-bond acceptors (Lipinski definition) is 2. The van der Waals surface area contributed by atoms with Crippen molar-refractivity contribution in [2.24, 2.45) is 5.92 Å². The number of nitrogens with one attached hydrogen (secondary N) is 1. The maximum absolute atomic E-state index is 6.20. The summed E-state index contributed by atoms with van der Waals surface area (Å²) in [7, 11) is 2.10. The molecular formula is C18H26BrNO. The van der Waals surface area contributed by atoms with E-state index in [0.29, 0.717) is 12.0 Å². The molecule has 1 aliphatic heterocycles. The highest BCUT2D eigenvalue weighted by Gasteiger charge is 2.42. The van der Waals surface area contributed by atoms with Crippen LogP contribution in [0.15, 0.2) is 22.7 Å². The first-order chi connectivity index (χ1) is 10.1. The van der Waals surface area contributed by atoms with Crippen molar-refractivity contribution in [3.63, 3.8) is 0 Å². The summed E-state index contributed by atoms with van der Waals surface area (Å²) in [6.45, 7) is 3.15.